The Morgan fingerprint density at radius 2 is 1.70 bits per heavy atom. The Hall–Kier alpha value is -2.93. The minimum atomic E-state index is -1.14. The van der Waals surface area contributed by atoms with Gasteiger partial charge in [-0.3, -0.25) is 4.79 Å². The van der Waals surface area contributed by atoms with Crippen LogP contribution in [-0.4, -0.2) is 37.6 Å². The van der Waals surface area contributed by atoms with Gasteiger partial charge in [0.1, 0.15) is 17.6 Å². The molecule has 2 aromatic carbocycles. The van der Waals surface area contributed by atoms with Gasteiger partial charge in [0, 0.05) is 12.0 Å². The van der Waals surface area contributed by atoms with Crippen LogP contribution in [0.15, 0.2) is 30.3 Å². The first kappa shape index (κ1) is 21.8. The average Bonchev–Trinajstić information content (AvgIpc) is 2.69. The monoisotopic (exact) mass is 416 g/mol. The first-order valence-electron chi connectivity index (χ1n) is 10.2. The molecule has 1 heterocycles. The molecule has 0 saturated heterocycles. The van der Waals surface area contributed by atoms with Crippen LogP contribution in [0.25, 0.3) is 0 Å². The fraction of sp³-hybridized carbons (Fsp3) is 0.435. The molecule has 0 fully saturated rings. The first-order chi connectivity index (χ1) is 14.2. The number of aliphatic carboxylic acids is 1. The molecule has 5 N–H and O–H groups in total. The van der Waals surface area contributed by atoms with Crippen LogP contribution in [-0.2, 0) is 16.6 Å². The second-order valence-corrected chi connectivity index (χ2v) is 7.92. The summed E-state index contributed by atoms with van der Waals surface area (Å²) in [6, 6.07) is 7.28. The maximum Gasteiger partial charge on any atom is 0.314 e. The number of carboxylic acid groups (broad SMARTS) is 1. The molecule has 0 saturated carbocycles. The number of phenols is 3. The molecule has 0 bridgehead atoms. The van der Waals surface area contributed by atoms with Gasteiger partial charge in [-0.2, -0.15) is 0 Å². The first-order valence-corrected chi connectivity index (χ1v) is 10.2. The van der Waals surface area contributed by atoms with E-state index in [0.29, 0.717) is 48.1 Å². The Bertz CT molecular complexity index is 931. The second kappa shape index (κ2) is 8.44. The summed E-state index contributed by atoms with van der Waals surface area (Å²) in [6.45, 7) is 3.84. The number of aromatic hydroxyl groups is 3. The van der Waals surface area contributed by atoms with Crippen LogP contribution < -0.4 is 4.74 Å². The van der Waals surface area contributed by atoms with E-state index < -0.39 is 23.6 Å². The quantitative estimate of drug-likeness (QED) is 0.435. The number of phenolic OH excluding ortho intramolecular Hbond substituents is 3. The Kier molecular flexibility index (Phi) is 6.12. The molecule has 1 aliphatic heterocycles. The molecule has 3 rings (SSSR count). The van der Waals surface area contributed by atoms with Crippen LogP contribution in [0, 0.1) is 0 Å². The molecule has 162 valence electrons. The SMILES string of the molecule is CCCC(CCC)(C(=O)O)c1cc(O)c2c(c1)O[C@@H](c1ccc(O)c(O)c1)[C@@H](O)C2. The fourth-order valence-corrected chi connectivity index (χ4v) is 4.36. The van der Waals surface area contributed by atoms with E-state index in [1.807, 2.05) is 13.8 Å². The normalized spacial score (nSPS) is 18.5. The molecule has 0 aromatic heterocycles. The topological polar surface area (TPSA) is 127 Å². The number of benzene rings is 2. The van der Waals surface area contributed by atoms with Crippen molar-refractivity contribution in [2.45, 2.75) is 63.6 Å². The Morgan fingerprint density at radius 1 is 1.03 bits per heavy atom. The van der Waals surface area contributed by atoms with Crippen LogP contribution in [0.3, 0.4) is 0 Å². The van der Waals surface area contributed by atoms with Crippen LogP contribution in [0.1, 0.15) is 62.3 Å². The van der Waals surface area contributed by atoms with E-state index in [9.17, 15) is 30.3 Å². The molecule has 0 amide bonds. The fourth-order valence-electron chi connectivity index (χ4n) is 4.36. The predicted octanol–water partition coefficient (Wildman–Crippen LogP) is 3.76. The summed E-state index contributed by atoms with van der Waals surface area (Å²) in [4.78, 5) is 12.3. The van der Waals surface area contributed by atoms with Gasteiger partial charge in [0.05, 0.1) is 11.5 Å². The third-order valence-electron chi connectivity index (χ3n) is 5.85. The van der Waals surface area contributed by atoms with Gasteiger partial charge in [-0.25, -0.2) is 0 Å². The summed E-state index contributed by atoms with van der Waals surface area (Å²) in [5.74, 6) is -1.35. The van der Waals surface area contributed by atoms with Gasteiger partial charge < -0.3 is 30.3 Å². The van der Waals surface area contributed by atoms with Crippen molar-refractivity contribution in [2.75, 3.05) is 0 Å². The van der Waals surface area contributed by atoms with Gasteiger partial charge in [-0.1, -0.05) is 32.8 Å². The third kappa shape index (κ3) is 3.77. The molecule has 0 spiro atoms. The molecule has 2 atom stereocenters. The summed E-state index contributed by atoms with van der Waals surface area (Å²) in [5.41, 5.74) is 0.207. The lowest BCUT2D eigenvalue weighted by atomic mass is 9.73. The van der Waals surface area contributed by atoms with E-state index >= 15 is 0 Å². The second-order valence-electron chi connectivity index (χ2n) is 7.92. The highest BCUT2D eigenvalue weighted by Gasteiger charge is 2.41. The smallest absolute Gasteiger partial charge is 0.314 e. The number of carboxylic acids is 1. The predicted molar refractivity (Wildman–Crippen MR) is 110 cm³/mol. The van der Waals surface area contributed by atoms with Crippen LogP contribution >= 0.6 is 0 Å². The zero-order chi connectivity index (χ0) is 22.1. The van der Waals surface area contributed by atoms with Crippen LogP contribution in [0.5, 0.6) is 23.0 Å². The lowest BCUT2D eigenvalue weighted by molar-refractivity contribution is -0.144. The van der Waals surface area contributed by atoms with Crippen molar-refractivity contribution >= 4 is 5.97 Å². The van der Waals surface area contributed by atoms with E-state index in [1.54, 1.807) is 6.07 Å². The summed E-state index contributed by atoms with van der Waals surface area (Å²) in [6.07, 6.45) is 0.454. The minimum absolute atomic E-state index is 0.105. The van der Waals surface area contributed by atoms with Gasteiger partial charge in [0.2, 0.25) is 0 Å². The molecule has 7 nitrogen and oxygen atoms in total. The number of hydrogen-bond donors (Lipinski definition) is 5. The number of aliphatic hydroxyl groups excluding tert-OH is 1. The molecule has 7 heteroatoms. The highest BCUT2D eigenvalue weighted by molar-refractivity contribution is 5.82. The number of aliphatic hydroxyl groups is 1. The minimum Gasteiger partial charge on any atom is -0.508 e. The summed E-state index contributed by atoms with van der Waals surface area (Å²) in [7, 11) is 0. The lowest BCUT2D eigenvalue weighted by Gasteiger charge is -2.34. The Labute approximate surface area is 175 Å². The number of hydrogen-bond acceptors (Lipinski definition) is 6. The molecule has 30 heavy (non-hydrogen) atoms. The molecule has 0 radical (unpaired) electrons. The Morgan fingerprint density at radius 3 is 2.27 bits per heavy atom. The van der Waals surface area contributed by atoms with Gasteiger partial charge in [0.15, 0.2) is 11.5 Å². The zero-order valence-electron chi connectivity index (χ0n) is 17.1. The molecule has 0 aliphatic carbocycles. The maximum absolute atomic E-state index is 12.3. The Balaban J connectivity index is 2.07. The molecule has 1 aliphatic rings. The van der Waals surface area contributed by atoms with Crippen molar-refractivity contribution in [3.05, 3.63) is 47.0 Å². The highest BCUT2D eigenvalue weighted by atomic mass is 16.5. The van der Waals surface area contributed by atoms with Gasteiger partial charge >= 0.3 is 5.97 Å². The number of fused-ring (bicyclic) bond motifs is 1. The molecular weight excluding hydrogens is 388 g/mol. The van der Waals surface area contributed by atoms with Gasteiger partial charge in [-0.15, -0.1) is 0 Å². The standard InChI is InChI=1S/C23H28O7/c1-3-7-23(8-4-2,22(28)29)14-10-17(25)15-12-19(27)21(30-20(15)11-14)13-5-6-16(24)18(26)9-13/h5-6,9-11,19,21,24-27H,3-4,7-8,12H2,1-2H3,(H,28,29)/t19-,21-/m0/s1. The largest absolute Gasteiger partial charge is 0.508 e. The van der Waals surface area contributed by atoms with E-state index in [2.05, 4.69) is 0 Å². The molecule has 0 unspecified atom stereocenters. The zero-order valence-corrected chi connectivity index (χ0v) is 17.1. The number of ether oxygens (including phenoxy) is 1. The summed E-state index contributed by atoms with van der Waals surface area (Å²) >= 11 is 0. The van der Waals surface area contributed by atoms with Crippen LogP contribution in [0.2, 0.25) is 0 Å². The highest BCUT2D eigenvalue weighted by Crippen LogP contribution is 2.45. The molecule has 2 aromatic rings. The average molecular weight is 416 g/mol. The lowest BCUT2D eigenvalue weighted by Crippen LogP contribution is -2.36. The summed E-state index contributed by atoms with van der Waals surface area (Å²) in [5, 5.41) is 50.6. The van der Waals surface area contributed by atoms with E-state index in [-0.39, 0.29) is 23.7 Å². The maximum atomic E-state index is 12.3. The summed E-state index contributed by atoms with van der Waals surface area (Å²) < 4.78 is 5.98. The van der Waals surface area contributed by atoms with Gasteiger partial charge in [0.25, 0.3) is 0 Å². The van der Waals surface area contributed by atoms with E-state index in [4.69, 9.17) is 4.74 Å². The molecular formula is C23H28O7. The van der Waals surface area contributed by atoms with E-state index in [0.717, 1.165) is 0 Å². The third-order valence-corrected chi connectivity index (χ3v) is 5.85. The van der Waals surface area contributed by atoms with Crippen molar-refractivity contribution < 1.29 is 35.1 Å². The van der Waals surface area contributed by atoms with E-state index in [1.165, 1.54) is 24.3 Å². The van der Waals surface area contributed by atoms with Gasteiger partial charge in [-0.05, 0) is 48.2 Å². The van der Waals surface area contributed by atoms with Crippen molar-refractivity contribution in [1.82, 2.24) is 0 Å². The van der Waals surface area contributed by atoms with Crippen molar-refractivity contribution in [3.63, 3.8) is 0 Å². The van der Waals surface area contributed by atoms with Crippen molar-refractivity contribution in [2.24, 2.45) is 0 Å². The van der Waals surface area contributed by atoms with Crippen molar-refractivity contribution in [3.8, 4) is 23.0 Å². The van der Waals surface area contributed by atoms with Crippen molar-refractivity contribution in [1.29, 1.82) is 0 Å². The number of carbonyl (C=O) groups is 1. The number of rotatable bonds is 7. The van der Waals surface area contributed by atoms with Crippen LogP contribution in [0.4, 0.5) is 0 Å².